The van der Waals surface area contributed by atoms with Crippen molar-refractivity contribution in [2.45, 2.75) is 31.1 Å². The average molecular weight is 305 g/mol. The number of rotatable bonds is 3. The van der Waals surface area contributed by atoms with Gasteiger partial charge in [0.05, 0.1) is 5.69 Å². The van der Waals surface area contributed by atoms with Crippen molar-refractivity contribution in [1.82, 2.24) is 0 Å². The Kier molecular flexibility index (Phi) is 4.84. The summed E-state index contributed by atoms with van der Waals surface area (Å²) < 4.78 is 4.13. The normalized spacial score (nSPS) is 12.0. The van der Waals surface area contributed by atoms with Crippen LogP contribution in [-0.2, 0) is 5.41 Å². The fourth-order valence-corrected chi connectivity index (χ4v) is 2.25. The van der Waals surface area contributed by atoms with Crippen LogP contribution in [0.1, 0.15) is 26.3 Å². The lowest BCUT2D eigenvalue weighted by atomic mass is 9.87. The number of halogens is 1. The van der Waals surface area contributed by atoms with E-state index in [2.05, 4.69) is 54.7 Å². The van der Waals surface area contributed by atoms with Gasteiger partial charge in [-0.15, -0.1) is 9.63 Å². The molecule has 2 rings (SSSR count). The molecule has 0 saturated heterocycles. The number of hydrogen-bond acceptors (Lipinski definition) is 3. The van der Waals surface area contributed by atoms with Crippen LogP contribution in [0.5, 0.6) is 0 Å². The van der Waals surface area contributed by atoms with Gasteiger partial charge in [0.1, 0.15) is 0 Å². The second-order valence-corrected chi connectivity index (χ2v) is 6.78. The minimum atomic E-state index is 0.175. The van der Waals surface area contributed by atoms with Crippen LogP contribution in [0.15, 0.2) is 63.1 Å². The predicted molar refractivity (Wildman–Crippen MR) is 87.0 cm³/mol. The van der Waals surface area contributed by atoms with Crippen LogP contribution < -0.4 is 0 Å². The van der Waals surface area contributed by atoms with E-state index in [9.17, 15) is 0 Å². The van der Waals surface area contributed by atoms with E-state index in [1.807, 2.05) is 12.1 Å². The second-order valence-electron chi connectivity index (χ2n) is 5.52. The third-order valence-electron chi connectivity index (χ3n) is 2.85. The zero-order valence-electron chi connectivity index (χ0n) is 11.8. The molecule has 2 aromatic carbocycles. The fourth-order valence-electron chi connectivity index (χ4n) is 1.64. The zero-order chi connectivity index (χ0) is 14.6. The Morgan fingerprint density at radius 3 is 2.05 bits per heavy atom. The van der Waals surface area contributed by atoms with Crippen LogP contribution >= 0.6 is 23.5 Å². The lowest BCUT2D eigenvalue weighted by Gasteiger charge is -2.18. The minimum Gasteiger partial charge on any atom is -0.143 e. The van der Waals surface area contributed by atoms with Gasteiger partial charge in [-0.2, -0.15) is 0 Å². The third kappa shape index (κ3) is 4.36. The van der Waals surface area contributed by atoms with Gasteiger partial charge >= 0.3 is 0 Å². The number of hydrogen-bond donors (Lipinski definition) is 0. The lowest BCUT2D eigenvalue weighted by Crippen LogP contribution is -2.10. The molecule has 0 amide bonds. The summed E-state index contributed by atoms with van der Waals surface area (Å²) in [6.45, 7) is 6.61. The van der Waals surface area contributed by atoms with E-state index < -0.39 is 0 Å². The second kappa shape index (κ2) is 6.42. The highest BCUT2D eigenvalue weighted by Gasteiger charge is 2.12. The van der Waals surface area contributed by atoms with Crippen LogP contribution in [0.4, 0.5) is 5.69 Å². The van der Waals surface area contributed by atoms with Gasteiger partial charge in [-0.1, -0.05) is 44.5 Å². The van der Waals surface area contributed by atoms with Gasteiger partial charge in [-0.25, -0.2) is 0 Å². The average Bonchev–Trinajstić information content (AvgIpc) is 2.41. The Bertz CT molecular complexity index is 583. The van der Waals surface area contributed by atoms with Crippen LogP contribution in [-0.4, -0.2) is 0 Å². The molecule has 20 heavy (non-hydrogen) atoms. The van der Waals surface area contributed by atoms with Crippen LogP contribution in [0, 0.1) is 0 Å². The number of benzene rings is 2. The first kappa shape index (κ1) is 15.1. The molecule has 0 aliphatic rings. The van der Waals surface area contributed by atoms with Gasteiger partial charge in [0.15, 0.2) is 0 Å². The van der Waals surface area contributed by atoms with Crippen molar-refractivity contribution in [3.63, 3.8) is 0 Å². The van der Waals surface area contributed by atoms with E-state index in [1.54, 1.807) is 12.1 Å². The Balaban J connectivity index is 1.99. The van der Waals surface area contributed by atoms with Gasteiger partial charge in [0, 0.05) is 21.9 Å². The van der Waals surface area contributed by atoms with E-state index in [1.165, 1.54) is 17.5 Å². The Morgan fingerprint density at radius 2 is 1.50 bits per heavy atom. The summed E-state index contributed by atoms with van der Waals surface area (Å²) >= 11 is 7.18. The maximum atomic E-state index is 5.82. The highest BCUT2D eigenvalue weighted by atomic mass is 35.5. The van der Waals surface area contributed by atoms with Crippen LogP contribution in [0.2, 0.25) is 5.02 Å². The summed E-state index contributed by atoms with van der Waals surface area (Å²) in [4.78, 5) is 1.08. The minimum absolute atomic E-state index is 0.175. The number of nitrogens with zero attached hydrogens (tertiary/aromatic N) is 2. The summed E-state index contributed by atoms with van der Waals surface area (Å²) in [6.07, 6.45) is 0. The maximum Gasteiger partial charge on any atom is 0.0864 e. The zero-order valence-corrected chi connectivity index (χ0v) is 13.4. The summed E-state index contributed by atoms with van der Waals surface area (Å²) in [5.74, 6) is 0. The topological polar surface area (TPSA) is 24.7 Å². The quantitative estimate of drug-likeness (QED) is 0.474. The van der Waals surface area contributed by atoms with Crippen LogP contribution in [0.25, 0.3) is 0 Å². The molecule has 4 heteroatoms. The summed E-state index contributed by atoms with van der Waals surface area (Å²) in [5.41, 5.74) is 2.29. The molecule has 0 aliphatic heterocycles. The molecule has 0 radical (unpaired) electrons. The van der Waals surface area contributed by atoms with Gasteiger partial charge in [0.25, 0.3) is 0 Å². The third-order valence-corrected chi connectivity index (χ3v) is 3.75. The maximum absolute atomic E-state index is 5.82. The molecule has 0 aromatic heterocycles. The van der Waals surface area contributed by atoms with Crippen molar-refractivity contribution in [3.8, 4) is 0 Å². The Hall–Kier alpha value is -1.32. The van der Waals surface area contributed by atoms with Crippen LogP contribution in [0.3, 0.4) is 0 Å². The van der Waals surface area contributed by atoms with Crippen molar-refractivity contribution in [3.05, 3.63) is 59.1 Å². The SMILES string of the molecule is CC(C)(C)c1ccc(SN=Nc2ccc(Cl)cc2)cc1. The van der Waals surface area contributed by atoms with Gasteiger partial charge in [-0.3, -0.25) is 0 Å². The predicted octanol–water partition coefficient (Wildman–Crippen LogP) is 6.43. The van der Waals surface area contributed by atoms with E-state index in [4.69, 9.17) is 11.6 Å². The van der Waals surface area contributed by atoms with Gasteiger partial charge in [-0.05, 0) is 47.4 Å². The van der Waals surface area contributed by atoms with E-state index in [0.717, 1.165) is 10.6 Å². The van der Waals surface area contributed by atoms with Crippen molar-refractivity contribution in [2.75, 3.05) is 0 Å². The molecule has 104 valence electrons. The first-order chi connectivity index (χ1) is 9.45. The molecule has 0 unspecified atom stereocenters. The monoisotopic (exact) mass is 304 g/mol. The van der Waals surface area contributed by atoms with Crippen molar-refractivity contribution in [2.24, 2.45) is 9.63 Å². The summed E-state index contributed by atoms with van der Waals surface area (Å²) in [6, 6.07) is 15.7. The Morgan fingerprint density at radius 1 is 0.900 bits per heavy atom. The Labute approximate surface area is 129 Å². The molecule has 2 aromatic rings. The fraction of sp³-hybridized carbons (Fsp3) is 0.250. The summed E-state index contributed by atoms with van der Waals surface area (Å²) in [5, 5.41) is 4.85. The highest BCUT2D eigenvalue weighted by Crippen LogP contribution is 2.27. The smallest absolute Gasteiger partial charge is 0.0864 e. The molecule has 0 saturated carbocycles. The van der Waals surface area contributed by atoms with E-state index in [-0.39, 0.29) is 5.41 Å². The molecular weight excluding hydrogens is 288 g/mol. The van der Waals surface area contributed by atoms with Gasteiger partial charge in [0.2, 0.25) is 0 Å². The van der Waals surface area contributed by atoms with Crippen molar-refractivity contribution in [1.29, 1.82) is 0 Å². The molecule has 0 atom stereocenters. The van der Waals surface area contributed by atoms with Crippen molar-refractivity contribution >= 4 is 29.2 Å². The molecule has 0 bridgehead atoms. The molecule has 0 N–H and O–H groups in total. The molecule has 0 spiro atoms. The highest BCUT2D eigenvalue weighted by molar-refractivity contribution is 7.97. The first-order valence-electron chi connectivity index (χ1n) is 6.39. The molecule has 0 fully saturated rings. The molecule has 0 heterocycles. The molecular formula is C16H17ClN2S. The van der Waals surface area contributed by atoms with E-state index >= 15 is 0 Å². The standard InChI is InChI=1S/C16H17ClN2S/c1-16(2,3)12-4-10-15(11-5-12)20-19-18-14-8-6-13(17)7-9-14/h4-11H,1-3H3. The van der Waals surface area contributed by atoms with Gasteiger partial charge < -0.3 is 0 Å². The largest absolute Gasteiger partial charge is 0.143 e. The lowest BCUT2D eigenvalue weighted by molar-refractivity contribution is 0.590. The molecule has 0 aliphatic carbocycles. The van der Waals surface area contributed by atoms with Crippen molar-refractivity contribution < 1.29 is 0 Å². The van der Waals surface area contributed by atoms with E-state index in [0.29, 0.717) is 5.02 Å². The first-order valence-corrected chi connectivity index (χ1v) is 7.54. The molecule has 2 nitrogen and oxygen atoms in total. The summed E-state index contributed by atoms with van der Waals surface area (Å²) in [7, 11) is 0.